The zero-order valence-corrected chi connectivity index (χ0v) is 11.5. The maximum absolute atomic E-state index is 5.42. The van der Waals surface area contributed by atoms with E-state index >= 15 is 0 Å². The van der Waals surface area contributed by atoms with Gasteiger partial charge in [-0.2, -0.15) is 15.0 Å². The summed E-state index contributed by atoms with van der Waals surface area (Å²) in [5.74, 6) is 7.62. The number of thioether (sulfide) groups is 1. The van der Waals surface area contributed by atoms with Crippen molar-refractivity contribution in [2.24, 2.45) is 5.84 Å². The molecule has 0 saturated carbocycles. The summed E-state index contributed by atoms with van der Waals surface area (Å²) < 4.78 is 0. The minimum absolute atomic E-state index is 0.448. The second-order valence-corrected chi connectivity index (χ2v) is 5.34. The molecular weight excluding hydrogens is 248 g/mol. The van der Waals surface area contributed by atoms with Crippen LogP contribution in [0.1, 0.15) is 32.6 Å². The van der Waals surface area contributed by atoms with Crippen LogP contribution in [0.25, 0.3) is 0 Å². The third-order valence-corrected chi connectivity index (χ3v) is 3.86. The number of hydrogen-bond acceptors (Lipinski definition) is 7. The van der Waals surface area contributed by atoms with E-state index < -0.39 is 0 Å². The van der Waals surface area contributed by atoms with Crippen LogP contribution in [0.3, 0.4) is 0 Å². The van der Waals surface area contributed by atoms with Gasteiger partial charge >= 0.3 is 0 Å². The first-order chi connectivity index (χ1) is 8.83. The Bertz CT molecular complexity index is 380. The number of piperidine rings is 1. The lowest BCUT2D eigenvalue weighted by Gasteiger charge is -2.26. The van der Waals surface area contributed by atoms with E-state index in [0.717, 1.165) is 36.4 Å². The summed E-state index contributed by atoms with van der Waals surface area (Å²) in [7, 11) is 0. The van der Waals surface area contributed by atoms with Crippen LogP contribution in [-0.2, 0) is 0 Å². The third-order valence-electron chi connectivity index (χ3n) is 2.81. The second-order valence-electron chi connectivity index (χ2n) is 4.28. The molecule has 0 aromatic carbocycles. The zero-order valence-electron chi connectivity index (χ0n) is 10.7. The van der Waals surface area contributed by atoms with Crippen molar-refractivity contribution in [1.29, 1.82) is 0 Å². The average Bonchev–Trinajstić information content (AvgIpc) is 2.45. The molecule has 0 bridgehead atoms. The predicted octanol–water partition coefficient (Wildman–Crippen LogP) is 1.65. The summed E-state index contributed by atoms with van der Waals surface area (Å²) >= 11 is 1.64. The van der Waals surface area contributed by atoms with Gasteiger partial charge in [0.15, 0.2) is 5.16 Å². The van der Waals surface area contributed by atoms with E-state index in [1.807, 2.05) is 0 Å². The first kappa shape index (κ1) is 13.4. The van der Waals surface area contributed by atoms with Gasteiger partial charge in [0, 0.05) is 18.8 Å². The van der Waals surface area contributed by atoms with E-state index in [4.69, 9.17) is 5.84 Å². The van der Waals surface area contributed by atoms with Crippen LogP contribution in [0, 0.1) is 0 Å². The van der Waals surface area contributed by atoms with Gasteiger partial charge in [-0.1, -0.05) is 18.7 Å². The molecule has 1 aliphatic heterocycles. The number of nitrogens with two attached hydrogens (primary N) is 1. The van der Waals surface area contributed by atoms with Gasteiger partial charge in [0.2, 0.25) is 11.9 Å². The number of nitrogens with one attached hydrogen (secondary N) is 1. The van der Waals surface area contributed by atoms with Crippen LogP contribution >= 0.6 is 11.8 Å². The number of nitrogen functional groups attached to an aromatic ring is 1. The average molecular weight is 268 g/mol. The van der Waals surface area contributed by atoms with E-state index in [0.29, 0.717) is 5.95 Å². The molecule has 0 radical (unpaired) electrons. The molecule has 1 aromatic heterocycles. The van der Waals surface area contributed by atoms with Gasteiger partial charge in [-0.3, -0.25) is 5.43 Å². The highest BCUT2D eigenvalue weighted by Crippen LogP contribution is 2.21. The summed E-state index contributed by atoms with van der Waals surface area (Å²) in [6.07, 6.45) is 4.80. The molecule has 1 saturated heterocycles. The van der Waals surface area contributed by atoms with Crippen molar-refractivity contribution >= 4 is 23.7 Å². The molecule has 7 heteroatoms. The van der Waals surface area contributed by atoms with Gasteiger partial charge in [-0.15, -0.1) is 0 Å². The fourth-order valence-electron chi connectivity index (χ4n) is 1.90. The highest BCUT2D eigenvalue weighted by molar-refractivity contribution is 7.99. The van der Waals surface area contributed by atoms with E-state index in [9.17, 15) is 0 Å². The van der Waals surface area contributed by atoms with Gasteiger partial charge < -0.3 is 4.90 Å². The number of hydrazine groups is 1. The van der Waals surface area contributed by atoms with Crippen molar-refractivity contribution in [3.8, 4) is 0 Å². The lowest BCUT2D eigenvalue weighted by Crippen LogP contribution is -2.31. The van der Waals surface area contributed by atoms with Crippen LogP contribution in [0.2, 0.25) is 0 Å². The largest absolute Gasteiger partial charge is 0.341 e. The minimum Gasteiger partial charge on any atom is -0.341 e. The Hall–Kier alpha value is -1.08. The standard InChI is InChI=1S/C11H20N6S/c1-2-8-18-11-14-9(16-12)13-10(15-11)17-6-4-3-5-7-17/h2-8,12H2,1H3,(H,13,14,15,16). The zero-order chi connectivity index (χ0) is 12.8. The molecule has 0 atom stereocenters. The molecule has 100 valence electrons. The number of hydrogen-bond donors (Lipinski definition) is 2. The van der Waals surface area contributed by atoms with Crippen molar-refractivity contribution in [3.05, 3.63) is 0 Å². The number of anilines is 2. The molecule has 0 aliphatic carbocycles. The van der Waals surface area contributed by atoms with Crippen LogP contribution in [0.15, 0.2) is 5.16 Å². The molecule has 2 heterocycles. The number of nitrogens with zero attached hydrogens (tertiary/aromatic N) is 4. The summed E-state index contributed by atoms with van der Waals surface area (Å²) in [6, 6.07) is 0. The Morgan fingerprint density at radius 1 is 1.22 bits per heavy atom. The van der Waals surface area contributed by atoms with Crippen LogP contribution in [-0.4, -0.2) is 33.8 Å². The normalized spacial score (nSPS) is 15.8. The fourth-order valence-corrected chi connectivity index (χ4v) is 2.59. The van der Waals surface area contributed by atoms with E-state index in [2.05, 4.69) is 32.2 Å². The molecule has 0 spiro atoms. The van der Waals surface area contributed by atoms with Crippen molar-refractivity contribution in [1.82, 2.24) is 15.0 Å². The van der Waals surface area contributed by atoms with Crippen molar-refractivity contribution < 1.29 is 0 Å². The Kier molecular flexibility index (Phi) is 5.00. The Morgan fingerprint density at radius 3 is 2.67 bits per heavy atom. The molecule has 18 heavy (non-hydrogen) atoms. The molecule has 0 unspecified atom stereocenters. The molecule has 6 nitrogen and oxygen atoms in total. The first-order valence-electron chi connectivity index (χ1n) is 6.44. The summed E-state index contributed by atoms with van der Waals surface area (Å²) in [5, 5.41) is 0.750. The van der Waals surface area contributed by atoms with E-state index in [-0.39, 0.29) is 0 Å². The first-order valence-corrected chi connectivity index (χ1v) is 7.42. The molecule has 2 rings (SSSR count). The topological polar surface area (TPSA) is 80.0 Å². The fraction of sp³-hybridized carbons (Fsp3) is 0.727. The maximum Gasteiger partial charge on any atom is 0.242 e. The minimum atomic E-state index is 0.448. The Labute approximate surface area is 112 Å². The monoisotopic (exact) mass is 268 g/mol. The quantitative estimate of drug-likeness (QED) is 0.477. The molecule has 1 aliphatic rings. The lowest BCUT2D eigenvalue weighted by molar-refractivity contribution is 0.565. The van der Waals surface area contributed by atoms with Crippen LogP contribution in [0.5, 0.6) is 0 Å². The van der Waals surface area contributed by atoms with Gasteiger partial charge in [-0.25, -0.2) is 5.84 Å². The lowest BCUT2D eigenvalue weighted by atomic mass is 10.1. The Balaban J connectivity index is 2.16. The predicted molar refractivity (Wildman–Crippen MR) is 74.7 cm³/mol. The smallest absolute Gasteiger partial charge is 0.242 e. The molecule has 0 amide bonds. The van der Waals surface area contributed by atoms with Gasteiger partial charge in [0.05, 0.1) is 0 Å². The van der Waals surface area contributed by atoms with Crippen molar-refractivity contribution in [2.45, 2.75) is 37.8 Å². The number of aromatic nitrogens is 3. The van der Waals surface area contributed by atoms with Gasteiger partial charge in [-0.05, 0) is 25.7 Å². The third kappa shape index (κ3) is 3.46. The van der Waals surface area contributed by atoms with E-state index in [1.165, 1.54) is 19.3 Å². The van der Waals surface area contributed by atoms with Crippen LogP contribution < -0.4 is 16.2 Å². The molecule has 1 aromatic rings. The summed E-state index contributed by atoms with van der Waals surface area (Å²) in [6.45, 7) is 4.18. The Morgan fingerprint density at radius 2 is 2.00 bits per heavy atom. The highest BCUT2D eigenvalue weighted by Gasteiger charge is 2.15. The summed E-state index contributed by atoms with van der Waals surface area (Å²) in [4.78, 5) is 15.3. The van der Waals surface area contributed by atoms with Crippen molar-refractivity contribution in [2.75, 3.05) is 29.2 Å². The van der Waals surface area contributed by atoms with Crippen LogP contribution in [0.4, 0.5) is 11.9 Å². The summed E-state index contributed by atoms with van der Waals surface area (Å²) in [5.41, 5.74) is 2.52. The van der Waals surface area contributed by atoms with Crippen molar-refractivity contribution in [3.63, 3.8) is 0 Å². The maximum atomic E-state index is 5.42. The van der Waals surface area contributed by atoms with Gasteiger partial charge in [0.1, 0.15) is 0 Å². The number of rotatable bonds is 5. The molecule has 1 fully saturated rings. The highest BCUT2D eigenvalue weighted by atomic mass is 32.2. The molecule has 3 N–H and O–H groups in total. The van der Waals surface area contributed by atoms with Gasteiger partial charge in [0.25, 0.3) is 0 Å². The molecular formula is C11H20N6S. The second kappa shape index (κ2) is 6.75. The SMILES string of the molecule is CCCSc1nc(NN)nc(N2CCCCC2)n1. The van der Waals surface area contributed by atoms with E-state index in [1.54, 1.807) is 11.8 Å².